The second-order valence-corrected chi connectivity index (χ2v) is 7.24. The fourth-order valence-corrected chi connectivity index (χ4v) is 3.55. The Kier molecular flexibility index (Phi) is 3.34. The molecule has 0 spiro atoms. The van der Waals surface area contributed by atoms with Gasteiger partial charge in [0.25, 0.3) is 0 Å². The summed E-state index contributed by atoms with van der Waals surface area (Å²) in [4.78, 5) is 11.7. The minimum atomic E-state index is -0.423. The van der Waals surface area contributed by atoms with Gasteiger partial charge in [-0.15, -0.1) is 0 Å². The molecule has 0 aromatic rings. The summed E-state index contributed by atoms with van der Waals surface area (Å²) in [5.74, 6) is 0. The van der Waals surface area contributed by atoms with Crippen LogP contribution in [0.4, 0.5) is 4.79 Å². The summed E-state index contributed by atoms with van der Waals surface area (Å²) in [7, 11) is 0. The quantitative estimate of drug-likeness (QED) is 0.813. The monoisotopic (exact) mass is 254 g/mol. The molecule has 0 atom stereocenters. The SMILES string of the molecule is CC(C)(C)OC(=O)NCC12CCC(CN)(CC1)C2. The van der Waals surface area contributed by atoms with Gasteiger partial charge in [0.1, 0.15) is 5.60 Å². The van der Waals surface area contributed by atoms with E-state index in [2.05, 4.69) is 5.32 Å². The number of nitrogens with one attached hydrogen (secondary N) is 1. The summed E-state index contributed by atoms with van der Waals surface area (Å²) in [6, 6.07) is 0. The molecule has 18 heavy (non-hydrogen) atoms. The van der Waals surface area contributed by atoms with Gasteiger partial charge in [0, 0.05) is 6.54 Å². The van der Waals surface area contributed by atoms with E-state index in [1.807, 2.05) is 20.8 Å². The van der Waals surface area contributed by atoms with Gasteiger partial charge in [-0.1, -0.05) is 0 Å². The number of hydrogen-bond donors (Lipinski definition) is 2. The lowest BCUT2D eigenvalue weighted by Crippen LogP contribution is -2.38. The average Bonchev–Trinajstić information content (AvgIpc) is 2.81. The minimum absolute atomic E-state index is 0.288. The van der Waals surface area contributed by atoms with Crippen molar-refractivity contribution in [1.29, 1.82) is 0 Å². The predicted molar refractivity (Wildman–Crippen MR) is 71.2 cm³/mol. The van der Waals surface area contributed by atoms with Gasteiger partial charge >= 0.3 is 6.09 Å². The van der Waals surface area contributed by atoms with E-state index in [1.165, 1.54) is 32.1 Å². The summed E-state index contributed by atoms with van der Waals surface area (Å²) >= 11 is 0. The maximum absolute atomic E-state index is 11.7. The molecule has 0 aromatic carbocycles. The summed E-state index contributed by atoms with van der Waals surface area (Å²) in [6.45, 7) is 7.19. The highest BCUT2D eigenvalue weighted by atomic mass is 16.6. The normalized spacial score (nSPS) is 34.7. The lowest BCUT2D eigenvalue weighted by Gasteiger charge is -2.28. The van der Waals surface area contributed by atoms with Gasteiger partial charge in [-0.25, -0.2) is 4.79 Å². The van der Waals surface area contributed by atoms with Crippen molar-refractivity contribution in [3.05, 3.63) is 0 Å². The summed E-state index contributed by atoms with van der Waals surface area (Å²) < 4.78 is 5.28. The molecule has 0 radical (unpaired) electrons. The molecule has 2 aliphatic carbocycles. The van der Waals surface area contributed by atoms with Gasteiger partial charge in [-0.05, 0) is 70.3 Å². The number of rotatable bonds is 3. The van der Waals surface area contributed by atoms with Gasteiger partial charge in [0.05, 0.1) is 0 Å². The Morgan fingerprint density at radius 2 is 1.78 bits per heavy atom. The van der Waals surface area contributed by atoms with Crippen molar-refractivity contribution in [3.63, 3.8) is 0 Å². The van der Waals surface area contributed by atoms with E-state index < -0.39 is 5.60 Å². The molecule has 0 aromatic heterocycles. The van der Waals surface area contributed by atoms with Crippen molar-refractivity contribution in [2.45, 2.75) is 58.5 Å². The van der Waals surface area contributed by atoms with Gasteiger partial charge in [-0.2, -0.15) is 0 Å². The Morgan fingerprint density at radius 1 is 1.22 bits per heavy atom. The van der Waals surface area contributed by atoms with Gasteiger partial charge in [0.2, 0.25) is 0 Å². The van der Waals surface area contributed by atoms with E-state index in [0.717, 1.165) is 13.1 Å². The highest BCUT2D eigenvalue weighted by Crippen LogP contribution is 2.60. The van der Waals surface area contributed by atoms with Crippen molar-refractivity contribution in [2.24, 2.45) is 16.6 Å². The lowest BCUT2D eigenvalue weighted by molar-refractivity contribution is 0.0500. The Balaban J connectivity index is 1.83. The number of alkyl carbamates (subject to hydrolysis) is 1. The molecule has 1 amide bonds. The molecule has 0 unspecified atom stereocenters. The second-order valence-electron chi connectivity index (χ2n) is 7.24. The van der Waals surface area contributed by atoms with Crippen molar-refractivity contribution in [3.8, 4) is 0 Å². The topological polar surface area (TPSA) is 64.3 Å². The van der Waals surface area contributed by atoms with Crippen LogP contribution in [0.15, 0.2) is 0 Å². The number of ether oxygens (including phenoxy) is 1. The van der Waals surface area contributed by atoms with Crippen LogP contribution >= 0.6 is 0 Å². The maximum Gasteiger partial charge on any atom is 0.407 e. The summed E-state index contributed by atoms with van der Waals surface area (Å²) in [5.41, 5.74) is 6.13. The predicted octanol–water partition coefficient (Wildman–Crippen LogP) is 2.42. The highest BCUT2D eigenvalue weighted by molar-refractivity contribution is 5.67. The molecule has 0 aliphatic heterocycles. The number of hydrogen-bond acceptors (Lipinski definition) is 3. The van der Waals surface area contributed by atoms with Crippen molar-refractivity contribution in [2.75, 3.05) is 13.1 Å². The smallest absolute Gasteiger partial charge is 0.407 e. The number of amides is 1. The van der Waals surface area contributed by atoms with E-state index in [1.54, 1.807) is 0 Å². The third kappa shape index (κ3) is 2.79. The van der Waals surface area contributed by atoms with Crippen LogP contribution in [0.5, 0.6) is 0 Å². The molecule has 4 heteroatoms. The first-order chi connectivity index (χ1) is 8.28. The number of carbonyl (C=O) groups excluding carboxylic acids is 1. The molecular weight excluding hydrogens is 228 g/mol. The molecule has 2 fully saturated rings. The molecule has 2 rings (SSSR count). The van der Waals surface area contributed by atoms with Gasteiger partial charge in [0.15, 0.2) is 0 Å². The first-order valence-corrected chi connectivity index (χ1v) is 6.95. The average molecular weight is 254 g/mol. The van der Waals surface area contributed by atoms with E-state index in [4.69, 9.17) is 10.5 Å². The van der Waals surface area contributed by atoms with Crippen molar-refractivity contribution in [1.82, 2.24) is 5.32 Å². The Labute approximate surface area is 110 Å². The first kappa shape index (κ1) is 13.7. The van der Waals surface area contributed by atoms with Crippen LogP contribution in [-0.2, 0) is 4.74 Å². The van der Waals surface area contributed by atoms with Crippen LogP contribution < -0.4 is 11.1 Å². The van der Waals surface area contributed by atoms with Crippen LogP contribution in [0.1, 0.15) is 52.9 Å². The van der Waals surface area contributed by atoms with Crippen LogP contribution in [-0.4, -0.2) is 24.8 Å². The third-order valence-corrected chi connectivity index (χ3v) is 4.56. The Bertz CT molecular complexity index is 325. The molecule has 4 nitrogen and oxygen atoms in total. The van der Waals surface area contributed by atoms with E-state index in [9.17, 15) is 4.79 Å². The number of carbonyl (C=O) groups is 1. The summed E-state index contributed by atoms with van der Waals surface area (Å²) in [6.07, 6.45) is 5.71. The minimum Gasteiger partial charge on any atom is -0.444 e. The molecule has 0 saturated heterocycles. The first-order valence-electron chi connectivity index (χ1n) is 6.95. The fraction of sp³-hybridized carbons (Fsp3) is 0.929. The van der Waals surface area contributed by atoms with Gasteiger partial charge in [-0.3, -0.25) is 0 Å². The van der Waals surface area contributed by atoms with Gasteiger partial charge < -0.3 is 15.8 Å². The van der Waals surface area contributed by atoms with Crippen molar-refractivity contribution < 1.29 is 9.53 Å². The zero-order valence-electron chi connectivity index (χ0n) is 11.8. The molecule has 2 bridgehead atoms. The van der Waals surface area contributed by atoms with E-state index in [0.29, 0.717) is 5.41 Å². The fourth-order valence-electron chi connectivity index (χ4n) is 3.55. The molecule has 3 N–H and O–H groups in total. The molecule has 2 aliphatic rings. The summed E-state index contributed by atoms with van der Waals surface area (Å²) in [5, 5.41) is 2.94. The standard InChI is InChI=1S/C14H26N2O2/c1-12(2,3)18-11(17)16-10-14-6-4-13(8-14,9-15)5-7-14/h4-10,15H2,1-3H3,(H,16,17). The van der Waals surface area contributed by atoms with E-state index in [-0.39, 0.29) is 11.5 Å². The van der Waals surface area contributed by atoms with Crippen LogP contribution in [0.25, 0.3) is 0 Å². The molecule has 0 heterocycles. The Hall–Kier alpha value is -0.770. The van der Waals surface area contributed by atoms with Crippen LogP contribution in [0.3, 0.4) is 0 Å². The zero-order valence-corrected chi connectivity index (χ0v) is 11.8. The zero-order chi connectivity index (χ0) is 13.4. The number of nitrogens with two attached hydrogens (primary N) is 1. The second kappa shape index (κ2) is 4.41. The highest BCUT2D eigenvalue weighted by Gasteiger charge is 2.53. The maximum atomic E-state index is 11.7. The third-order valence-electron chi connectivity index (χ3n) is 4.56. The molecule has 2 saturated carbocycles. The molecular formula is C14H26N2O2. The van der Waals surface area contributed by atoms with Crippen molar-refractivity contribution >= 4 is 6.09 Å². The lowest BCUT2D eigenvalue weighted by atomic mass is 9.82. The largest absolute Gasteiger partial charge is 0.444 e. The van der Waals surface area contributed by atoms with Crippen LogP contribution in [0, 0.1) is 10.8 Å². The Morgan fingerprint density at radius 3 is 2.22 bits per heavy atom. The van der Waals surface area contributed by atoms with E-state index >= 15 is 0 Å². The van der Waals surface area contributed by atoms with Crippen LogP contribution in [0.2, 0.25) is 0 Å². The number of fused-ring (bicyclic) bond motifs is 2. The molecule has 104 valence electrons.